The van der Waals surface area contributed by atoms with E-state index in [9.17, 15) is 0 Å². The molecule has 0 bridgehead atoms. The van der Waals surface area contributed by atoms with E-state index in [4.69, 9.17) is 17.3 Å². The molecule has 0 radical (unpaired) electrons. The molecule has 0 spiro atoms. The van der Waals surface area contributed by atoms with E-state index in [1.54, 1.807) is 0 Å². The van der Waals surface area contributed by atoms with Crippen LogP contribution in [0, 0.1) is 0 Å². The Morgan fingerprint density at radius 1 is 1.25 bits per heavy atom. The van der Waals surface area contributed by atoms with E-state index in [0.29, 0.717) is 16.8 Å². The third kappa shape index (κ3) is 3.13. The molecule has 0 heterocycles. The van der Waals surface area contributed by atoms with E-state index in [1.807, 2.05) is 18.2 Å². The van der Waals surface area contributed by atoms with Crippen molar-refractivity contribution >= 4 is 17.3 Å². The maximum Gasteiger partial charge on any atom is 0.0638 e. The zero-order valence-corrected chi connectivity index (χ0v) is 10.3. The van der Waals surface area contributed by atoms with Gasteiger partial charge in [0.05, 0.1) is 10.7 Å². The molecular formula is C13H19ClN2. The fraction of sp³-hybridized carbons (Fsp3) is 0.538. The number of benzene rings is 1. The highest BCUT2D eigenvalue weighted by molar-refractivity contribution is 6.33. The second kappa shape index (κ2) is 5.55. The molecule has 16 heavy (non-hydrogen) atoms. The van der Waals surface area contributed by atoms with E-state index in [-0.39, 0.29) is 0 Å². The van der Waals surface area contributed by atoms with Crippen molar-refractivity contribution in [2.24, 2.45) is 0 Å². The highest BCUT2D eigenvalue weighted by Gasteiger charge is 2.12. The van der Waals surface area contributed by atoms with E-state index in [1.165, 1.54) is 37.7 Å². The van der Waals surface area contributed by atoms with Crippen LogP contribution in [0.15, 0.2) is 18.2 Å². The third-order valence-corrected chi connectivity index (χ3v) is 3.59. The Labute approximate surface area is 102 Å². The van der Waals surface area contributed by atoms with Gasteiger partial charge in [-0.2, -0.15) is 0 Å². The summed E-state index contributed by atoms with van der Waals surface area (Å²) in [5, 5.41) is 4.24. The molecule has 88 valence electrons. The van der Waals surface area contributed by atoms with Crippen LogP contribution in [0.5, 0.6) is 0 Å². The van der Waals surface area contributed by atoms with Crippen LogP contribution in [-0.2, 0) is 6.54 Å². The molecule has 3 heteroatoms. The summed E-state index contributed by atoms with van der Waals surface area (Å²) < 4.78 is 0. The number of hydrogen-bond acceptors (Lipinski definition) is 2. The number of anilines is 1. The van der Waals surface area contributed by atoms with Gasteiger partial charge < -0.3 is 11.1 Å². The SMILES string of the molecule is Nc1ccc(CNC2CCCCC2)cc1Cl. The van der Waals surface area contributed by atoms with E-state index >= 15 is 0 Å². The number of nitrogens with two attached hydrogens (primary N) is 1. The maximum absolute atomic E-state index is 5.98. The summed E-state index contributed by atoms with van der Waals surface area (Å²) >= 11 is 5.98. The largest absolute Gasteiger partial charge is 0.398 e. The lowest BCUT2D eigenvalue weighted by molar-refractivity contribution is 0.372. The molecule has 3 N–H and O–H groups in total. The van der Waals surface area contributed by atoms with Crippen molar-refractivity contribution in [2.75, 3.05) is 5.73 Å². The molecule has 1 aromatic rings. The van der Waals surface area contributed by atoms with Crippen molar-refractivity contribution in [1.29, 1.82) is 0 Å². The topological polar surface area (TPSA) is 38.0 Å². The number of nitrogen functional groups attached to an aromatic ring is 1. The summed E-state index contributed by atoms with van der Waals surface area (Å²) in [6.45, 7) is 0.894. The van der Waals surface area contributed by atoms with Gasteiger partial charge in [-0.3, -0.25) is 0 Å². The summed E-state index contributed by atoms with van der Waals surface area (Å²) in [5.74, 6) is 0. The lowest BCUT2D eigenvalue weighted by Gasteiger charge is -2.22. The molecule has 2 rings (SSSR count). The van der Waals surface area contributed by atoms with Gasteiger partial charge in [-0.15, -0.1) is 0 Å². The predicted molar refractivity (Wildman–Crippen MR) is 69.6 cm³/mol. The third-order valence-electron chi connectivity index (χ3n) is 3.26. The molecule has 0 unspecified atom stereocenters. The number of rotatable bonds is 3. The summed E-state index contributed by atoms with van der Waals surface area (Å²) in [4.78, 5) is 0. The van der Waals surface area contributed by atoms with Crippen LogP contribution in [-0.4, -0.2) is 6.04 Å². The average Bonchev–Trinajstić information content (AvgIpc) is 2.32. The molecule has 1 fully saturated rings. The molecule has 0 amide bonds. The van der Waals surface area contributed by atoms with Gasteiger partial charge in [0, 0.05) is 12.6 Å². The van der Waals surface area contributed by atoms with Gasteiger partial charge in [0.25, 0.3) is 0 Å². The minimum atomic E-state index is 0.656. The summed E-state index contributed by atoms with van der Waals surface area (Å²) in [6, 6.07) is 6.55. The molecule has 1 aliphatic carbocycles. The van der Waals surface area contributed by atoms with E-state index in [0.717, 1.165) is 6.54 Å². The van der Waals surface area contributed by atoms with Crippen LogP contribution in [0.4, 0.5) is 5.69 Å². The van der Waals surface area contributed by atoms with Crippen molar-refractivity contribution < 1.29 is 0 Å². The van der Waals surface area contributed by atoms with Gasteiger partial charge in [0.1, 0.15) is 0 Å². The van der Waals surface area contributed by atoms with Gasteiger partial charge in [-0.25, -0.2) is 0 Å². The van der Waals surface area contributed by atoms with Crippen molar-refractivity contribution in [3.8, 4) is 0 Å². The molecule has 1 saturated carbocycles. The molecule has 0 atom stereocenters. The molecule has 0 saturated heterocycles. The molecule has 2 nitrogen and oxygen atoms in total. The first-order chi connectivity index (χ1) is 7.75. The zero-order valence-electron chi connectivity index (χ0n) is 9.51. The van der Waals surface area contributed by atoms with Crippen molar-refractivity contribution in [2.45, 2.75) is 44.7 Å². The van der Waals surface area contributed by atoms with Crippen molar-refractivity contribution in [1.82, 2.24) is 5.32 Å². The van der Waals surface area contributed by atoms with Gasteiger partial charge in [-0.05, 0) is 30.5 Å². The molecular weight excluding hydrogens is 220 g/mol. The zero-order chi connectivity index (χ0) is 11.4. The molecule has 0 aromatic heterocycles. The maximum atomic E-state index is 5.98. The highest BCUT2D eigenvalue weighted by Crippen LogP contribution is 2.21. The lowest BCUT2D eigenvalue weighted by atomic mass is 9.95. The van der Waals surface area contributed by atoms with E-state index in [2.05, 4.69) is 5.32 Å². The second-order valence-corrected chi connectivity index (χ2v) is 4.98. The van der Waals surface area contributed by atoms with Crippen LogP contribution in [0.2, 0.25) is 5.02 Å². The Hall–Kier alpha value is -0.730. The van der Waals surface area contributed by atoms with Crippen LogP contribution in [0.25, 0.3) is 0 Å². The van der Waals surface area contributed by atoms with Crippen LogP contribution < -0.4 is 11.1 Å². The summed E-state index contributed by atoms with van der Waals surface area (Å²) in [5.41, 5.74) is 7.54. The van der Waals surface area contributed by atoms with Gasteiger partial charge in [0.15, 0.2) is 0 Å². The van der Waals surface area contributed by atoms with E-state index < -0.39 is 0 Å². The Morgan fingerprint density at radius 2 is 2.00 bits per heavy atom. The van der Waals surface area contributed by atoms with Gasteiger partial charge >= 0.3 is 0 Å². The Balaban J connectivity index is 1.86. The predicted octanol–water partition coefficient (Wildman–Crippen LogP) is 3.34. The number of hydrogen-bond donors (Lipinski definition) is 2. The smallest absolute Gasteiger partial charge is 0.0638 e. The molecule has 1 aromatic carbocycles. The Bertz CT molecular complexity index is 346. The highest BCUT2D eigenvalue weighted by atomic mass is 35.5. The summed E-state index contributed by atoms with van der Waals surface area (Å²) in [7, 11) is 0. The summed E-state index contributed by atoms with van der Waals surface area (Å²) in [6.07, 6.45) is 6.73. The van der Waals surface area contributed by atoms with Crippen LogP contribution >= 0.6 is 11.6 Å². The first kappa shape index (κ1) is 11.7. The fourth-order valence-corrected chi connectivity index (χ4v) is 2.45. The first-order valence-electron chi connectivity index (χ1n) is 6.03. The fourth-order valence-electron chi connectivity index (χ4n) is 2.25. The minimum Gasteiger partial charge on any atom is -0.398 e. The Morgan fingerprint density at radius 3 is 2.69 bits per heavy atom. The van der Waals surface area contributed by atoms with Crippen molar-refractivity contribution in [3.63, 3.8) is 0 Å². The molecule has 1 aliphatic rings. The average molecular weight is 239 g/mol. The van der Waals surface area contributed by atoms with Crippen LogP contribution in [0.1, 0.15) is 37.7 Å². The standard InChI is InChI=1S/C13H19ClN2/c14-12-8-10(6-7-13(12)15)9-16-11-4-2-1-3-5-11/h6-8,11,16H,1-5,9,15H2. The quantitative estimate of drug-likeness (QED) is 0.793. The number of halogens is 1. The van der Waals surface area contributed by atoms with Crippen molar-refractivity contribution in [3.05, 3.63) is 28.8 Å². The lowest BCUT2D eigenvalue weighted by Crippen LogP contribution is -2.30. The normalized spacial score (nSPS) is 17.6. The van der Waals surface area contributed by atoms with Gasteiger partial charge in [0.2, 0.25) is 0 Å². The monoisotopic (exact) mass is 238 g/mol. The number of nitrogens with one attached hydrogen (secondary N) is 1. The molecule has 0 aliphatic heterocycles. The van der Waals surface area contributed by atoms with Crippen LogP contribution in [0.3, 0.4) is 0 Å². The minimum absolute atomic E-state index is 0.656. The first-order valence-corrected chi connectivity index (χ1v) is 6.41. The van der Waals surface area contributed by atoms with Gasteiger partial charge in [-0.1, -0.05) is 36.9 Å². The second-order valence-electron chi connectivity index (χ2n) is 4.57. The Kier molecular flexibility index (Phi) is 4.08.